The van der Waals surface area contributed by atoms with Gasteiger partial charge in [0, 0.05) is 37.1 Å². The molecule has 3 rings (SSSR count). The summed E-state index contributed by atoms with van der Waals surface area (Å²) >= 11 is 2.02. The first kappa shape index (κ1) is 17.1. The zero-order chi connectivity index (χ0) is 16.2. The molecule has 0 unspecified atom stereocenters. The molecule has 1 aliphatic carbocycles. The van der Waals surface area contributed by atoms with Crippen molar-refractivity contribution in [2.24, 2.45) is 11.8 Å². The summed E-state index contributed by atoms with van der Waals surface area (Å²) in [5.74, 6) is 2.81. The summed E-state index contributed by atoms with van der Waals surface area (Å²) < 4.78 is 5.79. The first-order chi connectivity index (χ1) is 11.1. The Morgan fingerprint density at radius 3 is 2.78 bits per heavy atom. The van der Waals surface area contributed by atoms with Crippen LogP contribution in [-0.2, 0) is 9.53 Å². The Hall–Kier alpha value is -0.740. The summed E-state index contributed by atoms with van der Waals surface area (Å²) in [6, 6.07) is 0. The molecule has 2 heterocycles. The van der Waals surface area contributed by atoms with Gasteiger partial charge in [0.15, 0.2) is 0 Å². The Bertz CT molecular complexity index is 494. The van der Waals surface area contributed by atoms with Gasteiger partial charge in [0.05, 0.1) is 5.92 Å². The number of ether oxygens (including phenoxy) is 1. The minimum atomic E-state index is -0.00225. The van der Waals surface area contributed by atoms with Crippen LogP contribution < -0.4 is 0 Å². The van der Waals surface area contributed by atoms with Crippen LogP contribution in [0.5, 0.6) is 0 Å². The first-order valence-corrected chi connectivity index (χ1v) is 10.1. The summed E-state index contributed by atoms with van der Waals surface area (Å²) in [5.41, 5.74) is 2.82. The Morgan fingerprint density at radius 1 is 1.22 bits per heavy atom. The van der Waals surface area contributed by atoms with Crippen LogP contribution in [0, 0.1) is 11.8 Å². The maximum absolute atomic E-state index is 12.5. The minimum Gasteiger partial charge on any atom is -0.458 e. The molecular formula is C19H29NO2S. The van der Waals surface area contributed by atoms with Gasteiger partial charge in [-0.05, 0) is 45.6 Å². The summed E-state index contributed by atoms with van der Waals surface area (Å²) in [6.07, 6.45) is 8.93. The Labute approximate surface area is 144 Å². The van der Waals surface area contributed by atoms with Gasteiger partial charge < -0.3 is 9.64 Å². The standard InChI is InChI=1S/C19H29NO2S/c1-14-4-3-5-15(2)12-18-16(7-6-14)17(19(21)22-18)13-20-8-10-23-11-9-20/h4,12,16-18H,3,5-11,13H2,1-2H3/b14-4+,15-12+/t16-,17-,18+/m0/s1. The fourth-order valence-electron chi connectivity index (χ4n) is 3.91. The molecule has 0 spiro atoms. The lowest BCUT2D eigenvalue weighted by molar-refractivity contribution is -0.143. The molecule has 3 aliphatic rings. The molecule has 0 saturated carbocycles. The van der Waals surface area contributed by atoms with Gasteiger partial charge in [0.25, 0.3) is 0 Å². The highest BCUT2D eigenvalue weighted by Crippen LogP contribution is 2.36. The fraction of sp³-hybridized carbons (Fsp3) is 0.737. The molecule has 3 nitrogen and oxygen atoms in total. The van der Waals surface area contributed by atoms with E-state index in [4.69, 9.17) is 4.74 Å². The molecule has 4 heteroatoms. The van der Waals surface area contributed by atoms with E-state index in [0.717, 1.165) is 45.3 Å². The lowest BCUT2D eigenvalue weighted by atomic mass is 9.83. The smallest absolute Gasteiger partial charge is 0.311 e. The number of fused-ring (bicyclic) bond motifs is 1. The normalized spacial score (nSPS) is 38.0. The number of hydrogen-bond acceptors (Lipinski definition) is 4. The third-order valence-electron chi connectivity index (χ3n) is 5.40. The van der Waals surface area contributed by atoms with E-state index in [-0.39, 0.29) is 18.0 Å². The quantitative estimate of drug-likeness (QED) is 0.569. The molecule has 0 amide bonds. The van der Waals surface area contributed by atoms with Crippen LogP contribution in [0.25, 0.3) is 0 Å². The number of nitrogens with zero attached hydrogens (tertiary/aromatic N) is 1. The Balaban J connectivity index is 1.74. The maximum Gasteiger partial charge on any atom is 0.311 e. The highest BCUT2D eigenvalue weighted by atomic mass is 32.2. The average Bonchev–Trinajstić information content (AvgIpc) is 2.81. The van der Waals surface area contributed by atoms with Gasteiger partial charge in [-0.2, -0.15) is 11.8 Å². The summed E-state index contributed by atoms with van der Waals surface area (Å²) in [7, 11) is 0. The molecule has 0 radical (unpaired) electrons. The van der Waals surface area contributed by atoms with Crippen molar-refractivity contribution in [2.45, 2.75) is 45.6 Å². The van der Waals surface area contributed by atoms with Gasteiger partial charge in [0.2, 0.25) is 0 Å². The minimum absolute atomic E-state index is 0.00225. The van der Waals surface area contributed by atoms with Gasteiger partial charge in [-0.1, -0.05) is 17.2 Å². The fourth-order valence-corrected chi connectivity index (χ4v) is 4.89. The number of carbonyl (C=O) groups is 1. The number of hydrogen-bond donors (Lipinski definition) is 0. The second-order valence-electron chi connectivity index (χ2n) is 7.23. The van der Waals surface area contributed by atoms with Gasteiger partial charge >= 0.3 is 5.97 Å². The Morgan fingerprint density at radius 2 is 2.00 bits per heavy atom. The lowest BCUT2D eigenvalue weighted by Crippen LogP contribution is -2.39. The zero-order valence-corrected chi connectivity index (χ0v) is 15.2. The van der Waals surface area contributed by atoms with Gasteiger partial charge in [0.1, 0.15) is 6.10 Å². The molecular weight excluding hydrogens is 306 g/mol. The van der Waals surface area contributed by atoms with E-state index in [9.17, 15) is 4.79 Å². The van der Waals surface area contributed by atoms with E-state index in [1.165, 1.54) is 22.7 Å². The van der Waals surface area contributed by atoms with Crippen molar-refractivity contribution in [1.29, 1.82) is 0 Å². The van der Waals surface area contributed by atoms with Crippen LogP contribution in [-0.4, -0.2) is 48.1 Å². The predicted octanol–water partition coefficient (Wildman–Crippen LogP) is 3.66. The first-order valence-electron chi connectivity index (χ1n) is 8.97. The van der Waals surface area contributed by atoms with Crippen LogP contribution in [0.4, 0.5) is 0 Å². The molecule has 0 aromatic carbocycles. The third-order valence-corrected chi connectivity index (χ3v) is 6.35. The molecule has 3 atom stereocenters. The van der Waals surface area contributed by atoms with Crippen LogP contribution in [0.1, 0.15) is 39.5 Å². The highest BCUT2D eigenvalue weighted by molar-refractivity contribution is 7.99. The van der Waals surface area contributed by atoms with E-state index in [2.05, 4.69) is 30.9 Å². The number of rotatable bonds is 2. The van der Waals surface area contributed by atoms with Crippen molar-refractivity contribution in [3.05, 3.63) is 23.3 Å². The van der Waals surface area contributed by atoms with Crippen LogP contribution in [0.15, 0.2) is 23.3 Å². The largest absolute Gasteiger partial charge is 0.458 e. The summed E-state index contributed by atoms with van der Waals surface area (Å²) in [6.45, 7) is 7.50. The van der Waals surface area contributed by atoms with Crippen molar-refractivity contribution >= 4 is 17.7 Å². The molecule has 2 fully saturated rings. The highest BCUT2D eigenvalue weighted by Gasteiger charge is 2.43. The Kier molecular flexibility index (Phi) is 5.86. The van der Waals surface area contributed by atoms with Crippen LogP contribution >= 0.6 is 11.8 Å². The molecule has 2 saturated heterocycles. The van der Waals surface area contributed by atoms with Crippen LogP contribution in [0.2, 0.25) is 0 Å². The molecule has 0 bridgehead atoms. The lowest BCUT2D eigenvalue weighted by Gasteiger charge is -2.30. The van der Waals surface area contributed by atoms with Gasteiger partial charge in [-0.15, -0.1) is 0 Å². The monoisotopic (exact) mass is 335 g/mol. The van der Waals surface area contributed by atoms with E-state index in [1.54, 1.807) is 0 Å². The number of esters is 1. The summed E-state index contributed by atoms with van der Waals surface area (Å²) in [4.78, 5) is 15.0. The van der Waals surface area contributed by atoms with E-state index >= 15 is 0 Å². The van der Waals surface area contributed by atoms with Crippen molar-refractivity contribution in [1.82, 2.24) is 4.90 Å². The average molecular weight is 336 g/mol. The van der Waals surface area contributed by atoms with Gasteiger partial charge in [-0.25, -0.2) is 0 Å². The second kappa shape index (κ2) is 7.89. The van der Waals surface area contributed by atoms with Gasteiger partial charge in [-0.3, -0.25) is 4.79 Å². The molecule has 0 aromatic heterocycles. The van der Waals surface area contributed by atoms with Crippen molar-refractivity contribution in [3.63, 3.8) is 0 Å². The maximum atomic E-state index is 12.5. The molecule has 2 aliphatic heterocycles. The van der Waals surface area contributed by atoms with Crippen molar-refractivity contribution in [2.75, 3.05) is 31.1 Å². The van der Waals surface area contributed by atoms with E-state index in [1.807, 2.05) is 11.8 Å². The van der Waals surface area contributed by atoms with Crippen molar-refractivity contribution < 1.29 is 9.53 Å². The number of carbonyl (C=O) groups excluding carboxylic acids is 1. The SMILES string of the molecule is C/C1=C\[C@H]2OC(=O)[C@@H](CN3CCSCC3)[C@@H]2CC/C(C)=C/CC1. The van der Waals surface area contributed by atoms with E-state index in [0.29, 0.717) is 5.92 Å². The predicted molar refractivity (Wildman–Crippen MR) is 96.6 cm³/mol. The molecule has 23 heavy (non-hydrogen) atoms. The number of thioether (sulfide) groups is 1. The number of allylic oxidation sites excluding steroid dienone is 3. The topological polar surface area (TPSA) is 29.5 Å². The third kappa shape index (κ3) is 4.42. The molecule has 0 aromatic rings. The van der Waals surface area contributed by atoms with Crippen LogP contribution in [0.3, 0.4) is 0 Å². The van der Waals surface area contributed by atoms with Crippen molar-refractivity contribution in [3.8, 4) is 0 Å². The molecule has 0 N–H and O–H groups in total. The zero-order valence-electron chi connectivity index (χ0n) is 14.4. The van der Waals surface area contributed by atoms with E-state index < -0.39 is 0 Å². The molecule has 128 valence electrons. The second-order valence-corrected chi connectivity index (χ2v) is 8.45. The summed E-state index contributed by atoms with van der Waals surface area (Å²) in [5, 5.41) is 0.